The molecular weight excluding hydrogens is 245 g/mol. The Kier molecular flexibility index (Phi) is 3.30. The average molecular weight is 258 g/mol. The summed E-state index contributed by atoms with van der Waals surface area (Å²) in [4.78, 5) is 13.0. The molecule has 98 valence electrons. The molecule has 1 aromatic rings. The van der Waals surface area contributed by atoms with Gasteiger partial charge in [0.15, 0.2) is 0 Å². The van der Waals surface area contributed by atoms with Crippen LogP contribution in [0, 0.1) is 0 Å². The molecule has 1 aliphatic rings. The third kappa shape index (κ3) is 2.81. The predicted octanol–water partition coefficient (Wildman–Crippen LogP) is 1.76. The molecule has 18 heavy (non-hydrogen) atoms. The van der Waals surface area contributed by atoms with Crippen molar-refractivity contribution in [1.82, 2.24) is 4.90 Å². The van der Waals surface area contributed by atoms with Gasteiger partial charge in [0.05, 0.1) is 5.56 Å². The number of halogens is 3. The van der Waals surface area contributed by atoms with Gasteiger partial charge in [-0.1, -0.05) is 12.1 Å². The van der Waals surface area contributed by atoms with Crippen molar-refractivity contribution in [2.24, 2.45) is 5.73 Å². The second-order valence-electron chi connectivity index (χ2n) is 4.44. The van der Waals surface area contributed by atoms with Crippen LogP contribution in [-0.4, -0.2) is 23.4 Å². The number of rotatable bonds is 2. The van der Waals surface area contributed by atoms with Crippen LogP contribution in [0.25, 0.3) is 0 Å². The molecule has 1 atom stereocenters. The van der Waals surface area contributed by atoms with E-state index in [1.165, 1.54) is 11.0 Å². The van der Waals surface area contributed by atoms with Crippen molar-refractivity contribution < 1.29 is 18.0 Å². The highest BCUT2D eigenvalue weighted by Crippen LogP contribution is 2.30. The van der Waals surface area contributed by atoms with Crippen molar-refractivity contribution in [2.45, 2.75) is 25.2 Å². The Morgan fingerprint density at radius 3 is 2.67 bits per heavy atom. The maximum absolute atomic E-state index is 12.5. The van der Waals surface area contributed by atoms with Crippen LogP contribution in [-0.2, 0) is 17.5 Å². The number of hydrogen-bond donors (Lipinski definition) is 1. The summed E-state index contributed by atoms with van der Waals surface area (Å²) in [6.07, 6.45) is -4.10. The molecule has 1 aromatic carbocycles. The number of hydrogen-bond acceptors (Lipinski definition) is 2. The van der Waals surface area contributed by atoms with Crippen LogP contribution in [0.1, 0.15) is 17.5 Å². The third-order valence-electron chi connectivity index (χ3n) is 2.87. The zero-order chi connectivity index (χ0) is 13.3. The highest BCUT2D eigenvalue weighted by atomic mass is 19.4. The second kappa shape index (κ2) is 4.61. The number of amides is 1. The molecule has 0 saturated carbocycles. The van der Waals surface area contributed by atoms with E-state index < -0.39 is 11.7 Å². The Morgan fingerprint density at radius 2 is 2.11 bits per heavy atom. The Hall–Kier alpha value is -1.56. The van der Waals surface area contributed by atoms with Gasteiger partial charge in [0, 0.05) is 25.6 Å². The van der Waals surface area contributed by atoms with Gasteiger partial charge in [-0.05, 0) is 17.7 Å². The van der Waals surface area contributed by atoms with Gasteiger partial charge in [-0.15, -0.1) is 0 Å². The largest absolute Gasteiger partial charge is 0.416 e. The molecule has 1 aliphatic heterocycles. The number of carbonyl (C=O) groups is 1. The molecule has 1 saturated heterocycles. The first-order chi connectivity index (χ1) is 8.36. The maximum Gasteiger partial charge on any atom is 0.416 e. The first kappa shape index (κ1) is 12.9. The van der Waals surface area contributed by atoms with E-state index in [0.717, 1.165) is 12.1 Å². The minimum atomic E-state index is -4.36. The van der Waals surface area contributed by atoms with Crippen molar-refractivity contribution in [1.29, 1.82) is 0 Å². The Labute approximate surface area is 102 Å². The highest BCUT2D eigenvalue weighted by molar-refractivity contribution is 5.79. The normalized spacial score (nSPS) is 20.6. The van der Waals surface area contributed by atoms with Crippen molar-refractivity contribution in [3.05, 3.63) is 35.4 Å². The van der Waals surface area contributed by atoms with Crippen LogP contribution in [0.3, 0.4) is 0 Å². The summed E-state index contributed by atoms with van der Waals surface area (Å²) < 4.78 is 37.6. The molecule has 1 amide bonds. The molecule has 1 unspecified atom stereocenters. The third-order valence-corrected chi connectivity index (χ3v) is 2.87. The van der Waals surface area contributed by atoms with Gasteiger partial charge in [0.1, 0.15) is 0 Å². The molecule has 0 aromatic heterocycles. The summed E-state index contributed by atoms with van der Waals surface area (Å²) in [5.41, 5.74) is 5.39. The van der Waals surface area contributed by atoms with E-state index in [-0.39, 0.29) is 24.9 Å². The van der Waals surface area contributed by atoms with Gasteiger partial charge in [0.25, 0.3) is 0 Å². The number of nitrogens with two attached hydrogens (primary N) is 1. The molecule has 3 nitrogen and oxygen atoms in total. The van der Waals surface area contributed by atoms with Gasteiger partial charge in [-0.2, -0.15) is 13.2 Å². The molecule has 1 heterocycles. The lowest BCUT2D eigenvalue weighted by Gasteiger charge is -2.17. The quantitative estimate of drug-likeness (QED) is 0.878. The summed E-state index contributed by atoms with van der Waals surface area (Å²) >= 11 is 0. The van der Waals surface area contributed by atoms with Crippen LogP contribution in [0.4, 0.5) is 13.2 Å². The van der Waals surface area contributed by atoms with E-state index in [4.69, 9.17) is 5.73 Å². The Bertz CT molecular complexity index is 459. The van der Waals surface area contributed by atoms with E-state index in [0.29, 0.717) is 12.1 Å². The van der Waals surface area contributed by atoms with Crippen LogP contribution < -0.4 is 5.73 Å². The Morgan fingerprint density at radius 1 is 1.39 bits per heavy atom. The van der Waals surface area contributed by atoms with Crippen LogP contribution in [0.2, 0.25) is 0 Å². The zero-order valence-electron chi connectivity index (χ0n) is 9.57. The molecule has 0 bridgehead atoms. The van der Waals surface area contributed by atoms with Crippen molar-refractivity contribution in [3.63, 3.8) is 0 Å². The molecule has 2 rings (SSSR count). The topological polar surface area (TPSA) is 46.3 Å². The highest BCUT2D eigenvalue weighted by Gasteiger charge is 2.31. The van der Waals surface area contributed by atoms with E-state index in [1.807, 2.05) is 0 Å². The van der Waals surface area contributed by atoms with Crippen molar-refractivity contribution in [2.75, 3.05) is 6.54 Å². The minimum absolute atomic E-state index is 0.111. The van der Waals surface area contributed by atoms with Crippen LogP contribution >= 0.6 is 0 Å². The number of carbonyl (C=O) groups excluding carboxylic acids is 1. The van der Waals surface area contributed by atoms with Gasteiger partial charge in [-0.3, -0.25) is 4.79 Å². The van der Waals surface area contributed by atoms with Gasteiger partial charge < -0.3 is 10.6 Å². The lowest BCUT2D eigenvalue weighted by molar-refractivity contribution is -0.137. The van der Waals surface area contributed by atoms with Crippen LogP contribution in [0.15, 0.2) is 24.3 Å². The first-order valence-corrected chi connectivity index (χ1v) is 5.56. The first-order valence-electron chi connectivity index (χ1n) is 5.56. The number of alkyl halides is 3. The fourth-order valence-electron chi connectivity index (χ4n) is 2.02. The summed E-state index contributed by atoms with van der Waals surface area (Å²) in [6, 6.07) is 4.78. The molecule has 6 heteroatoms. The summed E-state index contributed by atoms with van der Waals surface area (Å²) in [5, 5.41) is 0. The molecule has 0 aliphatic carbocycles. The Balaban J connectivity index is 2.13. The lowest BCUT2D eigenvalue weighted by Crippen LogP contribution is -2.27. The van der Waals surface area contributed by atoms with E-state index in [2.05, 4.69) is 0 Å². The molecule has 0 radical (unpaired) electrons. The number of nitrogens with zero attached hydrogens (tertiary/aromatic N) is 1. The van der Waals surface area contributed by atoms with E-state index in [9.17, 15) is 18.0 Å². The smallest absolute Gasteiger partial charge is 0.337 e. The summed E-state index contributed by atoms with van der Waals surface area (Å²) in [5.74, 6) is -0.111. The molecule has 0 spiro atoms. The monoisotopic (exact) mass is 258 g/mol. The second-order valence-corrected chi connectivity index (χ2v) is 4.44. The van der Waals surface area contributed by atoms with Gasteiger partial charge in [0.2, 0.25) is 5.91 Å². The SMILES string of the molecule is NC1CC(=O)N(Cc2cccc(C(F)(F)F)c2)C1. The summed E-state index contributed by atoms with van der Waals surface area (Å²) in [6.45, 7) is 0.575. The van der Waals surface area contributed by atoms with E-state index in [1.54, 1.807) is 6.07 Å². The van der Waals surface area contributed by atoms with Gasteiger partial charge >= 0.3 is 6.18 Å². The lowest BCUT2D eigenvalue weighted by atomic mass is 10.1. The molecular formula is C12H13F3N2O. The van der Waals surface area contributed by atoms with Crippen molar-refractivity contribution >= 4 is 5.91 Å². The standard InChI is InChI=1S/C12H13F3N2O/c13-12(14,15)9-3-1-2-8(4-9)6-17-7-10(16)5-11(17)18/h1-4,10H,5-7,16H2. The number of benzene rings is 1. The van der Waals surface area contributed by atoms with E-state index >= 15 is 0 Å². The fourth-order valence-corrected chi connectivity index (χ4v) is 2.02. The molecule has 1 fully saturated rings. The predicted molar refractivity (Wildman–Crippen MR) is 59.5 cm³/mol. The molecule has 2 N–H and O–H groups in total. The zero-order valence-corrected chi connectivity index (χ0v) is 9.57. The summed E-state index contributed by atoms with van der Waals surface area (Å²) in [7, 11) is 0. The van der Waals surface area contributed by atoms with Crippen molar-refractivity contribution in [3.8, 4) is 0 Å². The fraction of sp³-hybridized carbons (Fsp3) is 0.417. The van der Waals surface area contributed by atoms with Gasteiger partial charge in [-0.25, -0.2) is 0 Å². The average Bonchev–Trinajstić information content (AvgIpc) is 2.56. The minimum Gasteiger partial charge on any atom is -0.337 e. The van der Waals surface area contributed by atoms with Crippen LogP contribution in [0.5, 0.6) is 0 Å². The number of likely N-dealkylation sites (tertiary alicyclic amines) is 1. The maximum atomic E-state index is 12.5.